The molecular formula is C23H22O4S. The maximum atomic E-state index is 13.4. The van der Waals surface area contributed by atoms with Crippen molar-refractivity contribution >= 4 is 34.2 Å². The van der Waals surface area contributed by atoms with Crippen LogP contribution in [0.25, 0.3) is 11.1 Å². The largest absolute Gasteiger partial charge is 0.497 e. The van der Waals surface area contributed by atoms with Crippen molar-refractivity contribution < 1.29 is 19.1 Å². The van der Waals surface area contributed by atoms with Crippen LogP contribution in [0, 0.1) is 0 Å². The Kier molecular flexibility index (Phi) is 4.71. The molecule has 0 amide bonds. The van der Waals surface area contributed by atoms with Crippen molar-refractivity contribution in [2.75, 3.05) is 7.11 Å². The van der Waals surface area contributed by atoms with Gasteiger partial charge in [-0.3, -0.25) is 4.79 Å². The molecule has 28 heavy (non-hydrogen) atoms. The molecule has 1 aromatic carbocycles. The molecule has 2 aromatic rings. The predicted molar refractivity (Wildman–Crippen MR) is 110 cm³/mol. The summed E-state index contributed by atoms with van der Waals surface area (Å²) < 4.78 is 11.0. The summed E-state index contributed by atoms with van der Waals surface area (Å²) in [6.07, 6.45) is 4.22. The van der Waals surface area contributed by atoms with Crippen molar-refractivity contribution in [3.05, 3.63) is 63.6 Å². The lowest BCUT2D eigenvalue weighted by Gasteiger charge is -2.32. The van der Waals surface area contributed by atoms with Gasteiger partial charge in [-0.2, -0.15) is 0 Å². The number of hydrogen-bond donors (Lipinski definition) is 0. The zero-order valence-electron chi connectivity index (χ0n) is 16.2. The first-order chi connectivity index (χ1) is 13.5. The highest BCUT2D eigenvalue weighted by molar-refractivity contribution is 7.11. The summed E-state index contributed by atoms with van der Waals surface area (Å²) in [6.45, 7) is 3.77. The average molecular weight is 394 g/mol. The maximum Gasteiger partial charge on any atom is 0.334 e. The molecule has 4 nitrogen and oxygen atoms in total. The Hall–Kier alpha value is -2.66. The van der Waals surface area contributed by atoms with Gasteiger partial charge in [0.1, 0.15) is 11.5 Å². The van der Waals surface area contributed by atoms with E-state index in [9.17, 15) is 9.59 Å². The molecule has 0 N–H and O–H groups in total. The predicted octanol–water partition coefficient (Wildman–Crippen LogP) is 5.14. The summed E-state index contributed by atoms with van der Waals surface area (Å²) in [5.74, 6) is 0.295. The van der Waals surface area contributed by atoms with Gasteiger partial charge >= 0.3 is 5.97 Å². The molecule has 144 valence electrons. The van der Waals surface area contributed by atoms with Gasteiger partial charge in [0, 0.05) is 16.5 Å². The molecule has 1 aliphatic heterocycles. The number of carbonyl (C=O) groups is 2. The summed E-state index contributed by atoms with van der Waals surface area (Å²) in [5, 5.41) is 1.97. The third-order valence-corrected chi connectivity index (χ3v) is 6.33. The van der Waals surface area contributed by atoms with Crippen LogP contribution in [0.3, 0.4) is 0 Å². The van der Waals surface area contributed by atoms with Crippen molar-refractivity contribution in [3.63, 3.8) is 0 Å². The topological polar surface area (TPSA) is 52.6 Å². The Morgan fingerprint density at radius 2 is 2.04 bits per heavy atom. The number of esters is 1. The van der Waals surface area contributed by atoms with Crippen LogP contribution in [0.4, 0.5) is 0 Å². The van der Waals surface area contributed by atoms with Crippen LogP contribution in [-0.2, 0) is 19.7 Å². The molecule has 0 bridgehead atoms. The molecule has 1 atom stereocenters. The zero-order valence-corrected chi connectivity index (χ0v) is 17.0. The number of carbonyl (C=O) groups excluding carboxylic acids is 2. The second-order valence-corrected chi connectivity index (χ2v) is 8.05. The van der Waals surface area contributed by atoms with E-state index in [-0.39, 0.29) is 5.78 Å². The number of ether oxygens (including phenoxy) is 2. The number of methoxy groups -OCH3 is 1. The number of benzene rings is 1. The highest BCUT2D eigenvalue weighted by atomic mass is 32.1. The van der Waals surface area contributed by atoms with Gasteiger partial charge in [-0.25, -0.2) is 4.79 Å². The normalized spacial score (nSPS) is 21.0. The lowest BCUT2D eigenvalue weighted by Crippen LogP contribution is -2.46. The molecule has 5 heteroatoms. The van der Waals surface area contributed by atoms with Crippen LogP contribution in [-0.4, -0.2) is 18.9 Å². The molecule has 0 radical (unpaired) electrons. The second-order valence-electron chi connectivity index (χ2n) is 7.10. The zero-order chi connectivity index (χ0) is 19.9. The van der Waals surface area contributed by atoms with E-state index in [1.807, 2.05) is 29.6 Å². The third-order valence-electron chi connectivity index (χ3n) is 5.44. The molecule has 4 rings (SSSR count). The van der Waals surface area contributed by atoms with Gasteiger partial charge in [-0.05, 0) is 60.0 Å². The number of unbranched alkanes of at least 4 members (excludes halogenated alkanes) is 1. The minimum atomic E-state index is -1.44. The van der Waals surface area contributed by atoms with E-state index < -0.39 is 11.4 Å². The number of hydrogen-bond acceptors (Lipinski definition) is 5. The Balaban J connectivity index is 2.08. The summed E-state index contributed by atoms with van der Waals surface area (Å²) >= 11 is 1.54. The van der Waals surface area contributed by atoms with E-state index >= 15 is 0 Å². The lowest BCUT2D eigenvalue weighted by atomic mass is 9.71. The summed E-state index contributed by atoms with van der Waals surface area (Å²) in [4.78, 5) is 27.7. The number of fused-ring (bicyclic) bond motifs is 2. The number of cyclic esters (lactones) is 1. The minimum absolute atomic E-state index is 0.234. The van der Waals surface area contributed by atoms with Crippen LogP contribution in [0.1, 0.15) is 49.1 Å². The molecule has 0 saturated carbocycles. The summed E-state index contributed by atoms with van der Waals surface area (Å²) in [6, 6.07) is 9.51. The van der Waals surface area contributed by atoms with E-state index in [0.717, 1.165) is 40.8 Å². The van der Waals surface area contributed by atoms with E-state index in [4.69, 9.17) is 9.47 Å². The highest BCUT2D eigenvalue weighted by Gasteiger charge is 2.59. The summed E-state index contributed by atoms with van der Waals surface area (Å²) in [7, 11) is 1.62. The third kappa shape index (κ3) is 2.57. The standard InChI is InChI=1S/C23H22O4S/c1-4-5-7-16-17-13-15(26-3)9-10-18(17)23(21(16)19-8-6-11-28-19)20(24)12-14(2)27-22(23)25/h6,8-13H,4-5,7H2,1-3H3. The SMILES string of the molecule is CCCCC1=C(c2cccs2)C2(C(=O)C=C(C)OC2=O)c2ccc(OC)cc21. The van der Waals surface area contributed by atoms with Crippen LogP contribution < -0.4 is 4.74 Å². The fourth-order valence-electron chi connectivity index (χ4n) is 4.20. The molecular weight excluding hydrogens is 372 g/mol. The highest BCUT2D eigenvalue weighted by Crippen LogP contribution is 2.56. The number of ketones is 1. The van der Waals surface area contributed by atoms with Gasteiger partial charge in [-0.15, -0.1) is 11.3 Å². The van der Waals surface area contributed by atoms with E-state index in [1.165, 1.54) is 6.08 Å². The van der Waals surface area contributed by atoms with Crippen molar-refractivity contribution in [1.29, 1.82) is 0 Å². The van der Waals surface area contributed by atoms with Crippen LogP contribution in [0.5, 0.6) is 5.75 Å². The first-order valence-corrected chi connectivity index (χ1v) is 10.3. The van der Waals surface area contributed by atoms with Crippen molar-refractivity contribution in [1.82, 2.24) is 0 Å². The molecule has 1 spiro atoms. The fraction of sp³-hybridized carbons (Fsp3) is 0.304. The fourth-order valence-corrected chi connectivity index (χ4v) is 5.06. The van der Waals surface area contributed by atoms with Crippen LogP contribution in [0.2, 0.25) is 0 Å². The van der Waals surface area contributed by atoms with Gasteiger partial charge in [0.05, 0.1) is 7.11 Å². The molecule has 1 unspecified atom stereocenters. The van der Waals surface area contributed by atoms with Gasteiger partial charge in [0.2, 0.25) is 0 Å². The van der Waals surface area contributed by atoms with Gasteiger partial charge < -0.3 is 9.47 Å². The molecule has 1 aromatic heterocycles. The van der Waals surface area contributed by atoms with Gasteiger partial charge in [-0.1, -0.05) is 25.5 Å². The lowest BCUT2D eigenvalue weighted by molar-refractivity contribution is -0.148. The van der Waals surface area contributed by atoms with Crippen LogP contribution in [0.15, 0.2) is 47.5 Å². The van der Waals surface area contributed by atoms with E-state index in [1.54, 1.807) is 31.4 Å². The number of thiophene rings is 1. The van der Waals surface area contributed by atoms with Gasteiger partial charge in [0.25, 0.3) is 0 Å². The molecule has 1 aliphatic carbocycles. The number of allylic oxidation sites excluding steroid dienone is 3. The Labute approximate surface area is 168 Å². The Morgan fingerprint density at radius 3 is 2.68 bits per heavy atom. The van der Waals surface area contributed by atoms with Crippen molar-refractivity contribution in [3.8, 4) is 5.75 Å². The van der Waals surface area contributed by atoms with Crippen LogP contribution >= 0.6 is 11.3 Å². The first kappa shape index (κ1) is 18.7. The Morgan fingerprint density at radius 1 is 1.21 bits per heavy atom. The van der Waals surface area contributed by atoms with Crippen molar-refractivity contribution in [2.24, 2.45) is 0 Å². The molecule has 2 heterocycles. The van der Waals surface area contributed by atoms with E-state index in [0.29, 0.717) is 17.1 Å². The van der Waals surface area contributed by atoms with E-state index in [2.05, 4.69) is 6.92 Å². The quantitative estimate of drug-likeness (QED) is 0.521. The minimum Gasteiger partial charge on any atom is -0.497 e. The van der Waals surface area contributed by atoms with Gasteiger partial charge in [0.15, 0.2) is 11.2 Å². The molecule has 2 aliphatic rings. The smallest absolute Gasteiger partial charge is 0.334 e. The first-order valence-electron chi connectivity index (χ1n) is 9.45. The maximum absolute atomic E-state index is 13.4. The molecule has 0 saturated heterocycles. The number of rotatable bonds is 5. The molecule has 0 fully saturated rings. The second kappa shape index (κ2) is 7.06. The van der Waals surface area contributed by atoms with Crippen molar-refractivity contribution in [2.45, 2.75) is 38.5 Å². The average Bonchev–Trinajstić information content (AvgIpc) is 3.29. The Bertz CT molecular complexity index is 1010. The summed E-state index contributed by atoms with van der Waals surface area (Å²) in [5.41, 5.74) is 1.99. The monoisotopic (exact) mass is 394 g/mol.